The third-order valence-electron chi connectivity index (χ3n) is 4.26. The predicted octanol–water partition coefficient (Wildman–Crippen LogP) is 2.05. The number of H-pyrrole nitrogens is 1. The molecule has 0 spiro atoms. The van der Waals surface area contributed by atoms with E-state index in [0.717, 1.165) is 12.8 Å². The molecule has 8 heteroatoms. The Labute approximate surface area is 123 Å². The number of anilines is 1. The lowest BCUT2D eigenvalue weighted by atomic mass is 10.1. The SMILES string of the molecule is O=c1nc(N2CCC[C@H]3[C@H](F)[C@H]32)c2cnc(Cl)c(F)c2[nH]1. The van der Waals surface area contributed by atoms with Crippen molar-refractivity contribution in [2.75, 3.05) is 11.4 Å². The molecule has 1 N–H and O–H groups in total. The zero-order chi connectivity index (χ0) is 14.7. The third-order valence-corrected chi connectivity index (χ3v) is 4.52. The molecule has 2 aromatic rings. The Kier molecular flexibility index (Phi) is 2.69. The van der Waals surface area contributed by atoms with Crippen molar-refractivity contribution in [3.63, 3.8) is 0 Å². The Morgan fingerprint density at radius 2 is 2.29 bits per heavy atom. The Bertz CT molecular complexity index is 796. The smallest absolute Gasteiger partial charge is 0.347 e. The van der Waals surface area contributed by atoms with Gasteiger partial charge in [0.15, 0.2) is 11.0 Å². The summed E-state index contributed by atoms with van der Waals surface area (Å²) in [4.78, 5) is 23.4. The van der Waals surface area contributed by atoms with E-state index in [2.05, 4.69) is 15.0 Å². The average Bonchev–Trinajstić information content (AvgIpc) is 3.14. The van der Waals surface area contributed by atoms with E-state index in [0.29, 0.717) is 11.9 Å². The second-order valence-corrected chi connectivity index (χ2v) is 5.81. The summed E-state index contributed by atoms with van der Waals surface area (Å²) >= 11 is 5.64. The van der Waals surface area contributed by atoms with E-state index in [1.54, 1.807) is 4.90 Å². The number of nitrogens with zero attached hydrogens (tertiary/aromatic N) is 3. The minimum absolute atomic E-state index is 0.0139. The van der Waals surface area contributed by atoms with Crippen LogP contribution in [0.15, 0.2) is 11.0 Å². The normalized spacial score (nSPS) is 27.8. The van der Waals surface area contributed by atoms with Gasteiger partial charge >= 0.3 is 5.69 Å². The van der Waals surface area contributed by atoms with Crippen LogP contribution in [0.1, 0.15) is 12.8 Å². The molecule has 110 valence electrons. The first-order valence-corrected chi connectivity index (χ1v) is 7.10. The van der Waals surface area contributed by atoms with Crippen LogP contribution in [0, 0.1) is 11.7 Å². The predicted molar refractivity (Wildman–Crippen MR) is 73.9 cm³/mol. The van der Waals surface area contributed by atoms with Gasteiger partial charge < -0.3 is 9.88 Å². The molecule has 1 saturated carbocycles. The number of aromatic nitrogens is 3. The molecule has 0 aromatic carbocycles. The van der Waals surface area contributed by atoms with Gasteiger partial charge in [0.05, 0.1) is 16.9 Å². The van der Waals surface area contributed by atoms with Crippen molar-refractivity contribution >= 4 is 28.3 Å². The third kappa shape index (κ3) is 1.83. The number of fused-ring (bicyclic) bond motifs is 2. The van der Waals surface area contributed by atoms with Crippen molar-refractivity contribution in [2.24, 2.45) is 5.92 Å². The molecule has 1 aliphatic heterocycles. The monoisotopic (exact) mass is 312 g/mol. The number of nitrogens with one attached hydrogen (secondary N) is 1. The van der Waals surface area contributed by atoms with Gasteiger partial charge in [0.1, 0.15) is 12.0 Å². The van der Waals surface area contributed by atoms with Crippen molar-refractivity contribution in [2.45, 2.75) is 25.1 Å². The number of hydrogen-bond acceptors (Lipinski definition) is 4. The summed E-state index contributed by atoms with van der Waals surface area (Å²) in [6.45, 7) is 0.595. The maximum atomic E-state index is 14.0. The fourth-order valence-corrected chi connectivity index (χ4v) is 3.35. The summed E-state index contributed by atoms with van der Waals surface area (Å²) in [5.41, 5.74) is -0.722. The lowest BCUT2D eigenvalue weighted by Crippen LogP contribution is -2.34. The van der Waals surface area contributed by atoms with E-state index in [1.165, 1.54) is 6.20 Å². The number of aromatic amines is 1. The minimum Gasteiger partial charge on any atom is -0.350 e. The Hall–Kier alpha value is -1.76. The van der Waals surface area contributed by atoms with Crippen molar-refractivity contribution in [1.29, 1.82) is 0 Å². The second-order valence-electron chi connectivity index (χ2n) is 5.45. The van der Waals surface area contributed by atoms with Crippen molar-refractivity contribution in [3.8, 4) is 0 Å². The molecule has 2 aromatic heterocycles. The Morgan fingerprint density at radius 1 is 1.48 bits per heavy atom. The van der Waals surface area contributed by atoms with Crippen LogP contribution >= 0.6 is 11.6 Å². The first kappa shape index (κ1) is 12.9. The maximum absolute atomic E-state index is 14.0. The summed E-state index contributed by atoms with van der Waals surface area (Å²) in [6.07, 6.45) is 2.11. The first-order chi connectivity index (χ1) is 10.1. The summed E-state index contributed by atoms with van der Waals surface area (Å²) in [5, 5.41) is 0.0258. The molecule has 21 heavy (non-hydrogen) atoms. The van der Waals surface area contributed by atoms with E-state index in [9.17, 15) is 13.6 Å². The first-order valence-electron chi connectivity index (χ1n) is 6.72. The highest BCUT2D eigenvalue weighted by Gasteiger charge is 2.56. The Morgan fingerprint density at radius 3 is 3.10 bits per heavy atom. The zero-order valence-electron chi connectivity index (χ0n) is 10.8. The molecule has 1 saturated heterocycles. The lowest BCUT2D eigenvalue weighted by molar-refractivity contribution is 0.438. The van der Waals surface area contributed by atoms with Crippen LogP contribution in [0.2, 0.25) is 5.15 Å². The van der Waals surface area contributed by atoms with Gasteiger partial charge in [0.25, 0.3) is 0 Å². The number of rotatable bonds is 1. The number of alkyl halides is 1. The quantitative estimate of drug-likeness (QED) is 0.819. The van der Waals surface area contributed by atoms with Crippen LogP contribution in [0.25, 0.3) is 10.9 Å². The van der Waals surface area contributed by atoms with Gasteiger partial charge in [-0.1, -0.05) is 11.6 Å². The molecular weight excluding hydrogens is 302 g/mol. The average molecular weight is 313 g/mol. The Balaban J connectivity index is 1.93. The van der Waals surface area contributed by atoms with Gasteiger partial charge in [-0.25, -0.2) is 18.6 Å². The van der Waals surface area contributed by atoms with Crippen molar-refractivity contribution in [1.82, 2.24) is 15.0 Å². The summed E-state index contributed by atoms with van der Waals surface area (Å²) < 4.78 is 27.8. The summed E-state index contributed by atoms with van der Waals surface area (Å²) in [5.74, 6) is -0.525. The largest absolute Gasteiger partial charge is 0.350 e. The van der Waals surface area contributed by atoms with Crippen molar-refractivity contribution < 1.29 is 8.78 Å². The van der Waals surface area contributed by atoms with Crippen LogP contribution < -0.4 is 10.6 Å². The number of pyridine rings is 1. The van der Waals surface area contributed by atoms with Gasteiger partial charge in [0.2, 0.25) is 0 Å². The molecule has 2 fully saturated rings. The number of piperidine rings is 1. The summed E-state index contributed by atoms with van der Waals surface area (Å²) in [7, 11) is 0. The van der Waals surface area contributed by atoms with E-state index < -0.39 is 17.7 Å². The van der Waals surface area contributed by atoms with Crippen molar-refractivity contribution in [3.05, 3.63) is 27.7 Å². The standard InChI is InChI=1S/C13H11ClF2N4O/c14-11-8(16)9-6(4-17-11)12(19-13(21)18-9)20-3-1-2-5-7(15)10(5)20/h4-5,7,10H,1-3H2,(H,18,19,21)/t5-,7-,10-/m0/s1. The number of hydrogen-bond donors (Lipinski definition) is 1. The van der Waals surface area contributed by atoms with Gasteiger partial charge in [0, 0.05) is 18.7 Å². The molecule has 3 atom stereocenters. The molecular formula is C13H11ClF2N4O. The van der Waals surface area contributed by atoms with Crippen LogP contribution in [0.4, 0.5) is 14.6 Å². The zero-order valence-corrected chi connectivity index (χ0v) is 11.6. The molecule has 0 unspecified atom stereocenters. The highest BCUT2D eigenvalue weighted by atomic mass is 35.5. The van der Waals surface area contributed by atoms with Crippen LogP contribution in [0.3, 0.4) is 0 Å². The topological polar surface area (TPSA) is 61.9 Å². The van der Waals surface area contributed by atoms with E-state index in [-0.39, 0.29) is 28.4 Å². The van der Waals surface area contributed by atoms with Crippen LogP contribution in [-0.4, -0.2) is 33.7 Å². The molecule has 0 radical (unpaired) electrons. The maximum Gasteiger partial charge on any atom is 0.347 e. The highest BCUT2D eigenvalue weighted by molar-refractivity contribution is 6.30. The fraction of sp³-hybridized carbons (Fsp3) is 0.462. The number of halogens is 3. The molecule has 2 aliphatic rings. The molecule has 1 aliphatic carbocycles. The molecule has 3 heterocycles. The molecule has 4 rings (SSSR count). The van der Waals surface area contributed by atoms with Gasteiger partial charge in [-0.15, -0.1) is 0 Å². The van der Waals surface area contributed by atoms with E-state index in [1.807, 2.05) is 0 Å². The fourth-order valence-electron chi connectivity index (χ4n) is 3.21. The van der Waals surface area contributed by atoms with E-state index >= 15 is 0 Å². The minimum atomic E-state index is -0.909. The van der Waals surface area contributed by atoms with Gasteiger partial charge in [-0.05, 0) is 12.8 Å². The highest BCUT2D eigenvalue weighted by Crippen LogP contribution is 2.47. The van der Waals surface area contributed by atoms with Gasteiger partial charge in [-0.3, -0.25) is 0 Å². The van der Waals surface area contributed by atoms with E-state index in [4.69, 9.17) is 11.6 Å². The second kappa shape index (κ2) is 4.37. The molecule has 0 bridgehead atoms. The van der Waals surface area contributed by atoms with Crippen LogP contribution in [-0.2, 0) is 0 Å². The molecule has 5 nitrogen and oxygen atoms in total. The molecule has 0 amide bonds. The lowest BCUT2D eigenvalue weighted by Gasteiger charge is -2.27. The van der Waals surface area contributed by atoms with Crippen LogP contribution in [0.5, 0.6) is 0 Å². The summed E-state index contributed by atoms with van der Waals surface area (Å²) in [6, 6.07) is -0.269. The van der Waals surface area contributed by atoms with Gasteiger partial charge in [-0.2, -0.15) is 4.98 Å².